The van der Waals surface area contributed by atoms with Crippen molar-refractivity contribution in [3.63, 3.8) is 0 Å². The Morgan fingerprint density at radius 2 is 1.84 bits per heavy atom. The fraction of sp³-hybridized carbons (Fsp3) is 0.435. The van der Waals surface area contributed by atoms with Crippen molar-refractivity contribution in [3.8, 4) is 22.6 Å². The predicted octanol–water partition coefficient (Wildman–Crippen LogP) is 5.32. The Kier molecular flexibility index (Phi) is 9.82. The van der Waals surface area contributed by atoms with Crippen molar-refractivity contribution < 1.29 is 9.84 Å². The second-order valence-corrected chi connectivity index (χ2v) is 8.55. The van der Waals surface area contributed by atoms with Gasteiger partial charge in [-0.3, -0.25) is 0 Å². The van der Waals surface area contributed by atoms with E-state index in [2.05, 4.69) is 41.4 Å². The van der Waals surface area contributed by atoms with E-state index in [0.717, 1.165) is 60.4 Å². The summed E-state index contributed by atoms with van der Waals surface area (Å²) in [6.07, 6.45) is 4.88. The molecule has 161 valence electrons. The Hall–Kier alpha value is -1.60. The number of phenolic OH excluding ortho intramolecular Hbond substituents is 1. The summed E-state index contributed by atoms with van der Waals surface area (Å²) < 4.78 is 6.00. The van der Waals surface area contributed by atoms with Crippen molar-refractivity contribution in [1.29, 1.82) is 0 Å². The number of ether oxygens (including phenoxy) is 1. The summed E-state index contributed by atoms with van der Waals surface area (Å²) in [4.78, 5) is 0. The van der Waals surface area contributed by atoms with Gasteiger partial charge in [0.05, 0.1) is 6.61 Å². The first kappa shape index (κ1) is 25.7. The van der Waals surface area contributed by atoms with E-state index < -0.39 is 0 Å². The van der Waals surface area contributed by atoms with E-state index in [0.29, 0.717) is 11.6 Å². The molecule has 3 aromatic rings. The first-order valence-electron chi connectivity index (χ1n) is 10.4. The number of unbranched alkanes of at least 4 members (excludes halogenated alkanes) is 2. The predicted molar refractivity (Wildman–Crippen MR) is 125 cm³/mol. The van der Waals surface area contributed by atoms with Crippen LogP contribution in [0.25, 0.3) is 11.1 Å². The molecule has 31 heavy (non-hydrogen) atoms. The van der Waals surface area contributed by atoms with Crippen LogP contribution in [0, 0.1) is 0 Å². The molecule has 0 aliphatic rings. The first-order chi connectivity index (χ1) is 14.4. The average molecular weight is 452 g/mol. The van der Waals surface area contributed by atoms with Crippen LogP contribution in [0.1, 0.15) is 57.8 Å². The van der Waals surface area contributed by atoms with Gasteiger partial charge in [-0.25, -0.2) is 0 Å². The number of benzene rings is 2. The summed E-state index contributed by atoms with van der Waals surface area (Å²) in [6, 6.07) is 11.2. The van der Waals surface area contributed by atoms with Crippen molar-refractivity contribution in [1.82, 2.24) is 20.6 Å². The van der Waals surface area contributed by atoms with Gasteiger partial charge in [-0.15, -0.1) is 10.2 Å². The molecule has 0 amide bonds. The SMILES string of the molecule is CCc1cc(-c2ccc(Cl)cc2)c(O)cc1OCCCCCC(C)(C)c1nn[nH]n1.[Na]. The second-order valence-electron chi connectivity index (χ2n) is 8.12. The zero-order valence-corrected chi connectivity index (χ0v) is 21.5. The third-order valence-electron chi connectivity index (χ3n) is 5.37. The smallest absolute Gasteiger partial charge is 0.180 e. The Balaban J connectivity index is 0.00000341. The van der Waals surface area contributed by atoms with Gasteiger partial charge in [0.2, 0.25) is 0 Å². The van der Waals surface area contributed by atoms with Crippen LogP contribution < -0.4 is 4.74 Å². The van der Waals surface area contributed by atoms with E-state index in [1.807, 2.05) is 30.3 Å². The Morgan fingerprint density at radius 3 is 2.48 bits per heavy atom. The molecule has 0 aliphatic heterocycles. The van der Waals surface area contributed by atoms with E-state index in [1.165, 1.54) is 0 Å². The van der Waals surface area contributed by atoms with Crippen molar-refractivity contribution in [3.05, 3.63) is 52.8 Å². The number of nitrogens with zero attached hydrogens (tertiary/aromatic N) is 3. The van der Waals surface area contributed by atoms with Crippen molar-refractivity contribution in [2.75, 3.05) is 6.61 Å². The number of hydrogen-bond donors (Lipinski definition) is 2. The molecular formula is C23H29ClN4NaO2. The number of H-pyrrole nitrogens is 1. The Labute approximate surface area is 211 Å². The molecule has 0 saturated heterocycles. The van der Waals surface area contributed by atoms with E-state index in [-0.39, 0.29) is 40.7 Å². The fourth-order valence-corrected chi connectivity index (χ4v) is 3.60. The molecule has 2 N–H and O–H groups in total. The van der Waals surface area contributed by atoms with Crippen LogP contribution >= 0.6 is 11.6 Å². The summed E-state index contributed by atoms with van der Waals surface area (Å²) in [5.74, 6) is 1.72. The van der Waals surface area contributed by atoms with Crippen LogP contribution in [0.5, 0.6) is 11.5 Å². The molecule has 0 saturated carbocycles. The minimum atomic E-state index is -0.0907. The summed E-state index contributed by atoms with van der Waals surface area (Å²) in [5, 5.41) is 25.6. The summed E-state index contributed by atoms with van der Waals surface area (Å²) >= 11 is 5.97. The van der Waals surface area contributed by atoms with Gasteiger partial charge in [0.15, 0.2) is 5.82 Å². The molecule has 8 heteroatoms. The number of phenols is 1. The van der Waals surface area contributed by atoms with E-state index in [9.17, 15) is 5.11 Å². The molecule has 6 nitrogen and oxygen atoms in total. The molecule has 0 atom stereocenters. The van der Waals surface area contributed by atoms with Gasteiger partial charge >= 0.3 is 0 Å². The number of aryl methyl sites for hydroxylation is 1. The maximum atomic E-state index is 10.5. The molecule has 1 heterocycles. The number of hydrogen-bond acceptors (Lipinski definition) is 5. The summed E-state index contributed by atoms with van der Waals surface area (Å²) in [7, 11) is 0. The van der Waals surface area contributed by atoms with E-state index in [4.69, 9.17) is 16.3 Å². The topological polar surface area (TPSA) is 83.9 Å². The van der Waals surface area contributed by atoms with Crippen molar-refractivity contribution in [2.45, 2.75) is 58.3 Å². The van der Waals surface area contributed by atoms with Gasteiger partial charge in [-0.2, -0.15) is 5.21 Å². The van der Waals surface area contributed by atoms with Crippen LogP contribution in [-0.2, 0) is 11.8 Å². The van der Waals surface area contributed by atoms with E-state index >= 15 is 0 Å². The number of rotatable bonds is 10. The zero-order valence-electron chi connectivity index (χ0n) is 18.8. The molecule has 0 bridgehead atoms. The molecule has 0 fully saturated rings. The number of nitrogens with one attached hydrogen (secondary N) is 1. The molecule has 1 aromatic heterocycles. The van der Waals surface area contributed by atoms with Gasteiger partial charge in [0.1, 0.15) is 11.5 Å². The summed E-state index contributed by atoms with van der Waals surface area (Å²) in [6.45, 7) is 6.97. The molecular weight excluding hydrogens is 423 g/mol. The quantitative estimate of drug-likeness (QED) is 0.321. The third kappa shape index (κ3) is 6.94. The van der Waals surface area contributed by atoms with Gasteiger partial charge in [-0.1, -0.05) is 62.6 Å². The van der Waals surface area contributed by atoms with Crippen molar-refractivity contribution >= 4 is 41.2 Å². The second kappa shape index (κ2) is 11.9. The minimum Gasteiger partial charge on any atom is -0.507 e. The maximum Gasteiger partial charge on any atom is 0.180 e. The monoisotopic (exact) mass is 451 g/mol. The maximum absolute atomic E-state index is 10.5. The zero-order chi connectivity index (χ0) is 21.6. The first-order valence-corrected chi connectivity index (χ1v) is 10.8. The number of aromatic hydroxyl groups is 1. The molecule has 2 aromatic carbocycles. The number of tetrazole rings is 1. The van der Waals surface area contributed by atoms with Crippen LogP contribution in [0.4, 0.5) is 0 Å². The normalized spacial score (nSPS) is 11.2. The minimum absolute atomic E-state index is 0. The van der Waals surface area contributed by atoms with Crippen LogP contribution in [0.2, 0.25) is 5.02 Å². The Morgan fingerprint density at radius 1 is 1.10 bits per heavy atom. The third-order valence-corrected chi connectivity index (χ3v) is 5.62. The number of halogens is 1. The van der Waals surface area contributed by atoms with Gasteiger partial charge in [-0.05, 0) is 48.6 Å². The molecule has 3 rings (SSSR count). The number of aromatic nitrogens is 4. The molecule has 0 unspecified atom stereocenters. The van der Waals surface area contributed by atoms with Gasteiger partial charge in [0.25, 0.3) is 0 Å². The molecule has 0 aliphatic carbocycles. The van der Waals surface area contributed by atoms with Crippen LogP contribution in [0.3, 0.4) is 0 Å². The fourth-order valence-electron chi connectivity index (χ4n) is 3.47. The average Bonchev–Trinajstić information content (AvgIpc) is 3.27. The summed E-state index contributed by atoms with van der Waals surface area (Å²) in [5.41, 5.74) is 2.71. The van der Waals surface area contributed by atoms with Crippen molar-refractivity contribution in [2.24, 2.45) is 0 Å². The van der Waals surface area contributed by atoms with Gasteiger partial charge < -0.3 is 9.84 Å². The largest absolute Gasteiger partial charge is 0.507 e. The molecule has 0 spiro atoms. The molecule has 1 radical (unpaired) electrons. The standard InChI is InChI=1S/C23H29ClN4O2.Na/c1-4-16-14-19(17-8-10-18(24)11-9-17)20(29)15-21(16)30-13-7-5-6-12-23(2,3)22-25-27-28-26-22;/h8-11,14-15,29H,4-7,12-13H2,1-3H3,(H,25,26,27,28);. The number of aromatic amines is 1. The van der Waals surface area contributed by atoms with Crippen LogP contribution in [-0.4, -0.2) is 61.9 Å². The Bertz CT molecular complexity index is 947. The van der Waals surface area contributed by atoms with Gasteiger partial charge in [0, 0.05) is 51.6 Å². The van der Waals surface area contributed by atoms with E-state index in [1.54, 1.807) is 6.07 Å². The van der Waals surface area contributed by atoms with Crippen LogP contribution in [0.15, 0.2) is 36.4 Å².